The van der Waals surface area contributed by atoms with Crippen LogP contribution in [0.5, 0.6) is 0 Å². The highest BCUT2D eigenvalue weighted by molar-refractivity contribution is 6.21. The van der Waals surface area contributed by atoms with Gasteiger partial charge < -0.3 is 5.11 Å². The minimum atomic E-state index is -0.751. The Balaban J connectivity index is 2.07. The van der Waals surface area contributed by atoms with Gasteiger partial charge in [-0.1, -0.05) is 54.6 Å². The first-order chi connectivity index (χ1) is 10.6. The van der Waals surface area contributed by atoms with Crippen molar-refractivity contribution in [2.24, 2.45) is 0 Å². The van der Waals surface area contributed by atoms with Gasteiger partial charge in [-0.25, -0.2) is 0 Å². The fraction of sp³-hybridized carbons (Fsp3) is 0.316. The third kappa shape index (κ3) is 2.89. The van der Waals surface area contributed by atoms with Crippen LogP contribution in [-0.4, -0.2) is 11.1 Å². The molecule has 114 valence electrons. The number of hydrogen-bond acceptors (Lipinski definition) is 1. The lowest BCUT2D eigenvalue weighted by Gasteiger charge is -2.40. The van der Waals surface area contributed by atoms with Gasteiger partial charge in [0.25, 0.3) is 0 Å². The minimum absolute atomic E-state index is 0.0195. The summed E-state index contributed by atoms with van der Waals surface area (Å²) in [5, 5.41) is 9.45. The number of carboxylic acids is 1. The van der Waals surface area contributed by atoms with E-state index in [2.05, 4.69) is 18.2 Å². The molecule has 2 unspecified atom stereocenters. The number of fused-ring (bicyclic) bond motifs is 1. The zero-order valence-corrected chi connectivity index (χ0v) is 13.1. The van der Waals surface area contributed by atoms with Gasteiger partial charge in [-0.05, 0) is 36.0 Å². The smallest absolute Gasteiger partial charge is 0.304 e. The van der Waals surface area contributed by atoms with E-state index in [1.807, 2.05) is 36.4 Å². The van der Waals surface area contributed by atoms with E-state index in [-0.39, 0.29) is 17.2 Å². The van der Waals surface area contributed by atoms with E-state index in [1.54, 1.807) is 0 Å². The van der Waals surface area contributed by atoms with Crippen molar-refractivity contribution in [3.63, 3.8) is 0 Å². The van der Waals surface area contributed by atoms with E-state index in [1.165, 1.54) is 5.56 Å². The second kappa shape index (κ2) is 6.13. The summed E-state index contributed by atoms with van der Waals surface area (Å²) >= 11 is 6.47. The van der Waals surface area contributed by atoms with Crippen molar-refractivity contribution >= 4 is 17.6 Å². The summed E-state index contributed by atoms with van der Waals surface area (Å²) in [5.41, 5.74) is 3.00. The molecule has 1 aliphatic carbocycles. The molecule has 22 heavy (non-hydrogen) atoms. The Morgan fingerprint density at radius 3 is 2.55 bits per heavy atom. The van der Waals surface area contributed by atoms with Crippen LogP contribution in [0.3, 0.4) is 0 Å². The summed E-state index contributed by atoms with van der Waals surface area (Å²) in [4.78, 5) is 11.5. The molecule has 0 spiro atoms. The molecule has 0 radical (unpaired) electrons. The maximum Gasteiger partial charge on any atom is 0.304 e. The quantitative estimate of drug-likeness (QED) is 0.829. The first kappa shape index (κ1) is 15.1. The molecule has 2 aromatic rings. The normalized spacial score (nSPS) is 23.8. The second-order valence-corrected chi connectivity index (χ2v) is 6.63. The van der Waals surface area contributed by atoms with Crippen molar-refractivity contribution in [1.82, 2.24) is 0 Å². The van der Waals surface area contributed by atoms with Crippen molar-refractivity contribution in [1.29, 1.82) is 0 Å². The van der Waals surface area contributed by atoms with Crippen LogP contribution in [-0.2, 0) is 16.6 Å². The predicted molar refractivity (Wildman–Crippen MR) is 88.3 cm³/mol. The molecule has 0 aliphatic heterocycles. The van der Waals surface area contributed by atoms with Gasteiger partial charge in [0.2, 0.25) is 0 Å². The van der Waals surface area contributed by atoms with E-state index in [0.717, 1.165) is 30.4 Å². The molecule has 0 amide bonds. The number of carbonyl (C=O) groups is 1. The molecule has 0 fully saturated rings. The van der Waals surface area contributed by atoms with Gasteiger partial charge in [-0.2, -0.15) is 0 Å². The molecule has 2 atom stereocenters. The monoisotopic (exact) mass is 314 g/mol. The Morgan fingerprint density at radius 1 is 1.14 bits per heavy atom. The maximum atomic E-state index is 11.5. The summed E-state index contributed by atoms with van der Waals surface area (Å²) in [6.07, 6.45) is 2.50. The summed E-state index contributed by atoms with van der Waals surface area (Å²) in [6.45, 7) is 0. The maximum absolute atomic E-state index is 11.5. The standard InChI is InChI=1S/C19H19ClO2/c20-17-10-11-19(13-18(21)22,12-14-6-2-1-3-7-14)16-9-5-4-8-15(16)17/h1-9,17H,10-13H2,(H,21,22). The number of aliphatic carboxylic acids is 1. The zero-order chi connectivity index (χ0) is 15.6. The van der Waals surface area contributed by atoms with Gasteiger partial charge in [-0.3, -0.25) is 4.79 Å². The molecule has 1 N–H and O–H groups in total. The van der Waals surface area contributed by atoms with E-state index in [4.69, 9.17) is 11.6 Å². The molecular formula is C19H19ClO2. The van der Waals surface area contributed by atoms with Crippen LogP contribution < -0.4 is 0 Å². The lowest BCUT2D eigenvalue weighted by atomic mass is 9.65. The topological polar surface area (TPSA) is 37.3 Å². The van der Waals surface area contributed by atoms with Crippen molar-refractivity contribution < 1.29 is 9.90 Å². The fourth-order valence-corrected chi connectivity index (χ4v) is 3.95. The molecule has 0 heterocycles. The lowest BCUT2D eigenvalue weighted by molar-refractivity contribution is -0.138. The number of halogens is 1. The first-order valence-corrected chi connectivity index (χ1v) is 8.04. The van der Waals surface area contributed by atoms with Crippen LogP contribution in [0.4, 0.5) is 0 Å². The highest BCUT2D eigenvalue weighted by Gasteiger charge is 2.40. The molecule has 0 aromatic heterocycles. The Bertz CT molecular complexity index is 668. The largest absolute Gasteiger partial charge is 0.481 e. The van der Waals surface area contributed by atoms with Crippen molar-refractivity contribution in [3.8, 4) is 0 Å². The van der Waals surface area contributed by atoms with Crippen LogP contribution in [0.2, 0.25) is 0 Å². The Labute approximate surface area is 135 Å². The number of rotatable bonds is 4. The van der Waals surface area contributed by atoms with Gasteiger partial charge in [0.05, 0.1) is 11.8 Å². The molecule has 0 bridgehead atoms. The predicted octanol–water partition coefficient (Wildman–Crippen LogP) is 4.72. The number of benzene rings is 2. The zero-order valence-electron chi connectivity index (χ0n) is 12.3. The van der Waals surface area contributed by atoms with E-state index in [9.17, 15) is 9.90 Å². The van der Waals surface area contributed by atoms with Gasteiger partial charge in [-0.15, -0.1) is 11.6 Å². The summed E-state index contributed by atoms with van der Waals surface area (Å²) in [6, 6.07) is 18.2. The molecule has 1 aliphatic rings. The summed E-state index contributed by atoms with van der Waals surface area (Å²) in [7, 11) is 0. The third-order valence-corrected chi connectivity index (χ3v) is 5.07. The molecule has 0 saturated carbocycles. The Hall–Kier alpha value is -1.80. The highest BCUT2D eigenvalue weighted by Crippen LogP contribution is 2.48. The van der Waals surface area contributed by atoms with E-state index in [0.29, 0.717) is 0 Å². The van der Waals surface area contributed by atoms with Crippen LogP contribution in [0.15, 0.2) is 54.6 Å². The van der Waals surface area contributed by atoms with Gasteiger partial charge in [0.15, 0.2) is 0 Å². The fourth-order valence-electron chi connectivity index (χ4n) is 3.65. The van der Waals surface area contributed by atoms with Crippen molar-refractivity contribution in [2.75, 3.05) is 0 Å². The molecule has 2 nitrogen and oxygen atoms in total. The molecule has 2 aromatic carbocycles. The number of carboxylic acid groups (broad SMARTS) is 1. The number of hydrogen-bond donors (Lipinski definition) is 1. The molecule has 3 heteroatoms. The van der Waals surface area contributed by atoms with E-state index < -0.39 is 5.97 Å². The average Bonchev–Trinajstić information content (AvgIpc) is 2.52. The van der Waals surface area contributed by atoms with E-state index >= 15 is 0 Å². The Morgan fingerprint density at radius 2 is 1.82 bits per heavy atom. The van der Waals surface area contributed by atoms with Crippen LogP contribution in [0.1, 0.15) is 41.3 Å². The van der Waals surface area contributed by atoms with Crippen molar-refractivity contribution in [3.05, 3.63) is 71.3 Å². The summed E-state index contributed by atoms with van der Waals surface area (Å²) < 4.78 is 0. The summed E-state index contributed by atoms with van der Waals surface area (Å²) in [5.74, 6) is -0.751. The minimum Gasteiger partial charge on any atom is -0.481 e. The average molecular weight is 315 g/mol. The molecule has 0 saturated heterocycles. The van der Waals surface area contributed by atoms with Gasteiger partial charge in [0.1, 0.15) is 0 Å². The van der Waals surface area contributed by atoms with Gasteiger partial charge >= 0.3 is 5.97 Å². The first-order valence-electron chi connectivity index (χ1n) is 7.60. The molecular weight excluding hydrogens is 296 g/mol. The Kier molecular flexibility index (Phi) is 4.21. The third-order valence-electron chi connectivity index (χ3n) is 4.62. The second-order valence-electron chi connectivity index (χ2n) is 6.11. The SMILES string of the molecule is O=C(O)CC1(Cc2ccccc2)CCC(Cl)c2ccccc21. The highest BCUT2D eigenvalue weighted by atomic mass is 35.5. The van der Waals surface area contributed by atoms with Crippen LogP contribution >= 0.6 is 11.6 Å². The van der Waals surface area contributed by atoms with Crippen molar-refractivity contribution in [2.45, 2.75) is 36.5 Å². The van der Waals surface area contributed by atoms with Crippen LogP contribution in [0.25, 0.3) is 0 Å². The van der Waals surface area contributed by atoms with Crippen LogP contribution in [0, 0.1) is 0 Å². The molecule has 3 rings (SSSR count). The van der Waals surface area contributed by atoms with Gasteiger partial charge in [0, 0.05) is 5.41 Å². The number of alkyl halides is 1. The lowest BCUT2D eigenvalue weighted by Crippen LogP contribution is -2.36.